The van der Waals surface area contributed by atoms with E-state index in [2.05, 4.69) is 37.3 Å². The van der Waals surface area contributed by atoms with Gasteiger partial charge in [-0.15, -0.1) is 0 Å². The Morgan fingerprint density at radius 2 is 1.71 bits per heavy atom. The van der Waals surface area contributed by atoms with Crippen molar-refractivity contribution in [2.45, 2.75) is 13.0 Å². The lowest BCUT2D eigenvalue weighted by molar-refractivity contribution is 0.291. The van der Waals surface area contributed by atoms with Gasteiger partial charge in [0.05, 0.1) is 6.04 Å². The molecule has 0 radical (unpaired) electrons. The van der Waals surface area contributed by atoms with Crippen molar-refractivity contribution in [3.63, 3.8) is 0 Å². The van der Waals surface area contributed by atoms with Crippen molar-refractivity contribution in [2.24, 2.45) is 5.73 Å². The third kappa shape index (κ3) is 3.06. The monoisotopic (exact) mass is 277 g/mol. The fourth-order valence-electron chi connectivity index (χ4n) is 2.55. The highest BCUT2D eigenvalue weighted by Crippen LogP contribution is 2.24. The summed E-state index contributed by atoms with van der Waals surface area (Å²) in [5.41, 5.74) is 8.63. The van der Waals surface area contributed by atoms with Crippen molar-refractivity contribution in [2.75, 3.05) is 6.61 Å². The molecule has 0 saturated carbocycles. The molecule has 0 spiro atoms. The highest BCUT2D eigenvalue weighted by molar-refractivity contribution is 5.86. The van der Waals surface area contributed by atoms with Gasteiger partial charge in [-0.2, -0.15) is 0 Å². The second kappa shape index (κ2) is 5.98. The van der Waals surface area contributed by atoms with Gasteiger partial charge in [0.2, 0.25) is 0 Å². The van der Waals surface area contributed by atoms with Crippen LogP contribution in [0.1, 0.15) is 17.2 Å². The molecular weight excluding hydrogens is 258 g/mol. The van der Waals surface area contributed by atoms with E-state index in [9.17, 15) is 0 Å². The van der Waals surface area contributed by atoms with Crippen LogP contribution < -0.4 is 10.5 Å². The Hall–Kier alpha value is -2.32. The minimum absolute atomic E-state index is 0.142. The maximum Gasteiger partial charge on any atom is 0.119 e. The Morgan fingerprint density at radius 1 is 0.952 bits per heavy atom. The SMILES string of the molecule is Cc1cccc(OC[C@H](N)c2cccc3ccccc23)c1. The second-order valence-corrected chi connectivity index (χ2v) is 5.30. The molecular formula is C19H19NO. The van der Waals surface area contributed by atoms with Gasteiger partial charge in [0.1, 0.15) is 12.4 Å². The van der Waals surface area contributed by atoms with E-state index in [4.69, 9.17) is 10.5 Å². The van der Waals surface area contributed by atoms with Crippen molar-refractivity contribution in [1.82, 2.24) is 0 Å². The van der Waals surface area contributed by atoms with E-state index in [0.717, 1.165) is 11.3 Å². The highest BCUT2D eigenvalue weighted by Gasteiger charge is 2.10. The quantitative estimate of drug-likeness (QED) is 0.774. The van der Waals surface area contributed by atoms with Gasteiger partial charge in [0.15, 0.2) is 0 Å². The molecule has 0 aliphatic heterocycles. The average Bonchev–Trinajstić information content (AvgIpc) is 2.52. The minimum atomic E-state index is -0.142. The first-order valence-electron chi connectivity index (χ1n) is 7.17. The maximum atomic E-state index is 6.32. The van der Waals surface area contributed by atoms with Gasteiger partial charge in [-0.1, -0.05) is 54.6 Å². The van der Waals surface area contributed by atoms with Gasteiger partial charge in [-0.3, -0.25) is 0 Å². The van der Waals surface area contributed by atoms with Crippen LogP contribution in [0.3, 0.4) is 0 Å². The van der Waals surface area contributed by atoms with E-state index in [1.807, 2.05) is 36.4 Å². The Bertz CT molecular complexity index is 746. The molecule has 0 aliphatic carbocycles. The molecule has 2 nitrogen and oxygen atoms in total. The van der Waals surface area contributed by atoms with Crippen molar-refractivity contribution in [3.05, 3.63) is 77.9 Å². The Labute approximate surface area is 125 Å². The highest BCUT2D eigenvalue weighted by atomic mass is 16.5. The molecule has 1 atom stereocenters. The average molecular weight is 277 g/mol. The van der Waals surface area contributed by atoms with Crippen LogP contribution in [-0.4, -0.2) is 6.61 Å². The Balaban J connectivity index is 1.79. The van der Waals surface area contributed by atoms with Crippen LogP contribution in [0.25, 0.3) is 10.8 Å². The molecule has 2 N–H and O–H groups in total. The lowest BCUT2D eigenvalue weighted by atomic mass is 10.00. The zero-order valence-electron chi connectivity index (χ0n) is 12.1. The largest absolute Gasteiger partial charge is 0.492 e. The normalized spacial score (nSPS) is 12.3. The van der Waals surface area contributed by atoms with Gasteiger partial charge in [-0.25, -0.2) is 0 Å². The number of benzene rings is 3. The van der Waals surface area contributed by atoms with Crippen LogP contribution >= 0.6 is 0 Å². The number of fused-ring (bicyclic) bond motifs is 1. The first kappa shape index (κ1) is 13.7. The molecule has 0 bridgehead atoms. The summed E-state index contributed by atoms with van der Waals surface area (Å²) >= 11 is 0. The molecule has 3 aromatic rings. The summed E-state index contributed by atoms with van der Waals surface area (Å²) in [5, 5.41) is 2.40. The van der Waals surface area contributed by atoms with Crippen LogP contribution in [0.5, 0.6) is 5.75 Å². The fourth-order valence-corrected chi connectivity index (χ4v) is 2.55. The molecule has 0 aliphatic rings. The van der Waals surface area contributed by atoms with Crippen molar-refractivity contribution in [1.29, 1.82) is 0 Å². The smallest absolute Gasteiger partial charge is 0.119 e. The van der Waals surface area contributed by atoms with Crippen LogP contribution in [0.4, 0.5) is 0 Å². The predicted octanol–water partition coefficient (Wildman–Crippen LogP) is 4.23. The summed E-state index contributed by atoms with van der Waals surface area (Å²) in [5.74, 6) is 0.866. The first-order chi connectivity index (χ1) is 10.2. The molecule has 0 fully saturated rings. The zero-order valence-corrected chi connectivity index (χ0v) is 12.1. The van der Waals surface area contributed by atoms with E-state index in [1.165, 1.54) is 16.3 Å². The molecule has 106 valence electrons. The molecule has 0 saturated heterocycles. The Kier molecular flexibility index (Phi) is 3.89. The maximum absolute atomic E-state index is 6.32. The summed E-state index contributed by atoms with van der Waals surface area (Å²) in [6.45, 7) is 2.52. The molecule has 0 unspecified atom stereocenters. The molecule has 3 aromatic carbocycles. The van der Waals surface area contributed by atoms with E-state index in [1.54, 1.807) is 0 Å². The third-order valence-corrected chi connectivity index (χ3v) is 3.64. The van der Waals surface area contributed by atoms with Crippen LogP contribution in [0, 0.1) is 6.92 Å². The topological polar surface area (TPSA) is 35.2 Å². The van der Waals surface area contributed by atoms with Crippen LogP contribution in [-0.2, 0) is 0 Å². The Morgan fingerprint density at radius 3 is 2.57 bits per heavy atom. The molecule has 0 amide bonds. The molecule has 3 rings (SSSR count). The fraction of sp³-hybridized carbons (Fsp3) is 0.158. The van der Waals surface area contributed by atoms with Crippen molar-refractivity contribution < 1.29 is 4.74 Å². The zero-order chi connectivity index (χ0) is 14.7. The van der Waals surface area contributed by atoms with Crippen LogP contribution in [0.15, 0.2) is 66.7 Å². The predicted molar refractivity (Wildman–Crippen MR) is 87.6 cm³/mol. The lowest BCUT2D eigenvalue weighted by Gasteiger charge is -2.16. The van der Waals surface area contributed by atoms with Gasteiger partial charge >= 0.3 is 0 Å². The standard InChI is InChI=1S/C19H19NO/c1-14-6-4-9-16(12-14)21-13-19(20)18-11-5-8-15-7-2-3-10-17(15)18/h2-12,19H,13,20H2,1H3/t19-/m0/s1. The molecule has 0 heterocycles. The lowest BCUT2D eigenvalue weighted by Crippen LogP contribution is -2.19. The van der Waals surface area contributed by atoms with Gasteiger partial charge in [-0.05, 0) is 41.0 Å². The van der Waals surface area contributed by atoms with E-state index < -0.39 is 0 Å². The van der Waals surface area contributed by atoms with Crippen LogP contribution in [0.2, 0.25) is 0 Å². The second-order valence-electron chi connectivity index (χ2n) is 5.30. The summed E-state index contributed by atoms with van der Waals surface area (Å²) in [6.07, 6.45) is 0. The van der Waals surface area contributed by atoms with Gasteiger partial charge in [0.25, 0.3) is 0 Å². The summed E-state index contributed by atoms with van der Waals surface area (Å²) in [6, 6.07) is 22.4. The molecule has 21 heavy (non-hydrogen) atoms. The van der Waals surface area contributed by atoms with Gasteiger partial charge in [0, 0.05) is 0 Å². The molecule has 2 heteroatoms. The van der Waals surface area contributed by atoms with Crippen molar-refractivity contribution >= 4 is 10.8 Å². The van der Waals surface area contributed by atoms with Crippen molar-refractivity contribution in [3.8, 4) is 5.75 Å². The van der Waals surface area contributed by atoms with E-state index in [-0.39, 0.29) is 6.04 Å². The summed E-state index contributed by atoms with van der Waals surface area (Å²) < 4.78 is 5.83. The number of hydrogen-bond donors (Lipinski definition) is 1. The third-order valence-electron chi connectivity index (χ3n) is 3.64. The van der Waals surface area contributed by atoms with Gasteiger partial charge < -0.3 is 10.5 Å². The number of hydrogen-bond acceptors (Lipinski definition) is 2. The summed E-state index contributed by atoms with van der Waals surface area (Å²) in [4.78, 5) is 0. The van der Waals surface area contributed by atoms with E-state index in [0.29, 0.717) is 6.61 Å². The first-order valence-corrected chi connectivity index (χ1v) is 7.17. The minimum Gasteiger partial charge on any atom is -0.492 e. The molecule has 0 aromatic heterocycles. The number of aryl methyl sites for hydroxylation is 1. The summed E-state index contributed by atoms with van der Waals surface area (Å²) in [7, 11) is 0. The number of nitrogens with two attached hydrogens (primary N) is 1. The van der Waals surface area contributed by atoms with E-state index >= 15 is 0 Å². The number of rotatable bonds is 4. The number of ether oxygens (including phenoxy) is 1.